The zero-order chi connectivity index (χ0) is 43.6. The molecule has 0 spiro atoms. The van der Waals surface area contributed by atoms with Gasteiger partial charge in [0, 0.05) is 21.9 Å². The predicted molar refractivity (Wildman–Crippen MR) is 280 cm³/mol. The monoisotopic (exact) mass is 836 g/mol. The van der Waals surface area contributed by atoms with Crippen molar-refractivity contribution in [3.05, 3.63) is 243 Å². The molecule has 0 aliphatic rings. The van der Waals surface area contributed by atoms with Gasteiger partial charge < -0.3 is 0 Å². The Morgan fingerprint density at radius 3 is 1.11 bits per heavy atom. The first-order valence-corrected chi connectivity index (χ1v) is 22.6. The average molecular weight is 837 g/mol. The van der Waals surface area contributed by atoms with Gasteiger partial charge in [0.05, 0.1) is 22.4 Å². The molecule has 13 rings (SSSR count). The molecule has 0 aliphatic carbocycles. The molecule has 0 N–H and O–H groups in total. The lowest BCUT2D eigenvalue weighted by atomic mass is 9.84. The lowest BCUT2D eigenvalue weighted by molar-refractivity contribution is 1.36. The number of hydrogen-bond donors (Lipinski definition) is 0. The van der Waals surface area contributed by atoms with Crippen molar-refractivity contribution in [1.29, 1.82) is 0 Å². The molecule has 0 bridgehead atoms. The van der Waals surface area contributed by atoms with Crippen LogP contribution in [-0.4, -0.2) is 9.97 Å². The number of hydrogen-bond acceptors (Lipinski definition) is 2. The fraction of sp³-hybridized carbons (Fsp3) is 0. The molecule has 2 nitrogen and oxygen atoms in total. The minimum atomic E-state index is 0.915. The molecule has 2 heterocycles. The van der Waals surface area contributed by atoms with Crippen molar-refractivity contribution in [2.45, 2.75) is 0 Å². The normalized spacial score (nSPS) is 11.6. The van der Waals surface area contributed by atoms with E-state index in [9.17, 15) is 0 Å². The molecule has 0 unspecified atom stereocenters. The molecule has 13 aromatic rings. The molecular weight excluding hydrogens is 797 g/mol. The van der Waals surface area contributed by atoms with Gasteiger partial charge in [-0.2, -0.15) is 0 Å². The van der Waals surface area contributed by atoms with Crippen LogP contribution >= 0.6 is 0 Å². The van der Waals surface area contributed by atoms with E-state index in [-0.39, 0.29) is 0 Å². The van der Waals surface area contributed by atoms with E-state index in [1.165, 1.54) is 82.0 Å². The van der Waals surface area contributed by atoms with Gasteiger partial charge in [0.1, 0.15) is 0 Å². The zero-order valence-corrected chi connectivity index (χ0v) is 36.0. The summed E-state index contributed by atoms with van der Waals surface area (Å²) in [6.45, 7) is 0. The molecule has 0 amide bonds. The van der Waals surface area contributed by atoms with E-state index in [2.05, 4.69) is 237 Å². The summed E-state index contributed by atoms with van der Waals surface area (Å²) in [6, 6.07) is 88.0. The van der Waals surface area contributed by atoms with Crippen molar-refractivity contribution in [2.24, 2.45) is 0 Å². The Kier molecular flexibility index (Phi) is 8.89. The van der Waals surface area contributed by atoms with Gasteiger partial charge in [-0.1, -0.05) is 212 Å². The zero-order valence-electron chi connectivity index (χ0n) is 36.0. The second kappa shape index (κ2) is 15.5. The standard InChI is InChI=1S/C64H40N2/c1-2-12-46(13-3-1)59-36-33-48-28-29-49-34-37-60(66-64(49)63(48)65-59)47-26-22-44(23-27-47)43-18-20-45(21-19-43)52-32-35-57-58(40-52)62(54-31-25-42-11-5-7-15-51(42)39-54)56-17-9-8-16-55(56)61(57)53-30-24-41-10-4-6-14-50(41)38-53/h1-40H. The highest BCUT2D eigenvalue weighted by atomic mass is 14.8. The molecule has 0 aliphatic heterocycles. The first-order chi connectivity index (χ1) is 32.7. The van der Waals surface area contributed by atoms with Crippen molar-refractivity contribution < 1.29 is 0 Å². The van der Waals surface area contributed by atoms with Gasteiger partial charge in [0.2, 0.25) is 0 Å². The molecule has 0 saturated carbocycles. The van der Waals surface area contributed by atoms with Crippen LogP contribution in [0.15, 0.2) is 243 Å². The number of pyridine rings is 2. The minimum Gasteiger partial charge on any atom is -0.245 e. The Labute approximate surface area is 382 Å². The Morgan fingerprint density at radius 1 is 0.197 bits per heavy atom. The summed E-state index contributed by atoms with van der Waals surface area (Å²) >= 11 is 0. The Balaban J connectivity index is 0.881. The maximum absolute atomic E-state index is 5.21. The van der Waals surface area contributed by atoms with Crippen molar-refractivity contribution in [2.75, 3.05) is 0 Å². The van der Waals surface area contributed by atoms with E-state index < -0.39 is 0 Å². The van der Waals surface area contributed by atoms with Crippen LogP contribution in [0.1, 0.15) is 0 Å². The predicted octanol–water partition coefficient (Wildman–Crippen LogP) is 17.4. The first kappa shape index (κ1) is 37.8. The fourth-order valence-corrected chi connectivity index (χ4v) is 10.1. The molecule has 11 aromatic carbocycles. The minimum absolute atomic E-state index is 0.915. The van der Waals surface area contributed by atoms with E-state index in [4.69, 9.17) is 9.97 Å². The van der Waals surface area contributed by atoms with E-state index >= 15 is 0 Å². The summed E-state index contributed by atoms with van der Waals surface area (Å²) < 4.78 is 0. The summed E-state index contributed by atoms with van der Waals surface area (Å²) in [5.41, 5.74) is 15.5. The topological polar surface area (TPSA) is 25.8 Å². The van der Waals surface area contributed by atoms with Crippen molar-refractivity contribution in [1.82, 2.24) is 9.97 Å². The van der Waals surface area contributed by atoms with Gasteiger partial charge in [0.15, 0.2) is 0 Å². The van der Waals surface area contributed by atoms with Crippen LogP contribution in [0.4, 0.5) is 0 Å². The van der Waals surface area contributed by atoms with Crippen LogP contribution in [0.2, 0.25) is 0 Å². The highest BCUT2D eigenvalue weighted by Gasteiger charge is 2.19. The Bertz CT molecular complexity index is 4020. The third kappa shape index (κ3) is 6.50. The highest BCUT2D eigenvalue weighted by Crippen LogP contribution is 2.46. The van der Waals surface area contributed by atoms with Crippen molar-refractivity contribution >= 4 is 64.9 Å². The smallest absolute Gasteiger partial charge is 0.0972 e. The SMILES string of the molecule is c1ccc(-c2ccc3ccc4ccc(-c5ccc(-c6ccc(-c7ccc8c(-c9ccc%10ccccc%10c9)c9ccccc9c(-c9ccc%10ccccc%10c9)c8c7)cc6)cc5)nc4c3n2)cc1. The second-order valence-corrected chi connectivity index (χ2v) is 17.3. The van der Waals surface area contributed by atoms with Crippen LogP contribution in [-0.2, 0) is 0 Å². The second-order valence-electron chi connectivity index (χ2n) is 17.3. The van der Waals surface area contributed by atoms with Crippen LogP contribution in [0.5, 0.6) is 0 Å². The highest BCUT2D eigenvalue weighted by molar-refractivity contribution is 6.22. The summed E-state index contributed by atoms with van der Waals surface area (Å²) in [7, 11) is 0. The lowest BCUT2D eigenvalue weighted by Gasteiger charge is -2.19. The third-order valence-electron chi connectivity index (χ3n) is 13.4. The number of fused-ring (bicyclic) bond motifs is 7. The molecule has 2 heteroatoms. The number of rotatable bonds is 6. The van der Waals surface area contributed by atoms with E-state index in [0.717, 1.165) is 49.9 Å². The quantitative estimate of drug-likeness (QED) is 0.123. The largest absolute Gasteiger partial charge is 0.245 e. The van der Waals surface area contributed by atoms with Gasteiger partial charge >= 0.3 is 0 Å². The Morgan fingerprint density at radius 2 is 0.561 bits per heavy atom. The number of nitrogens with zero attached hydrogens (tertiary/aromatic N) is 2. The van der Waals surface area contributed by atoms with Crippen LogP contribution < -0.4 is 0 Å². The first-order valence-electron chi connectivity index (χ1n) is 22.6. The maximum Gasteiger partial charge on any atom is 0.0972 e. The fourth-order valence-electron chi connectivity index (χ4n) is 10.1. The van der Waals surface area contributed by atoms with Gasteiger partial charge in [-0.15, -0.1) is 0 Å². The maximum atomic E-state index is 5.21. The molecular formula is C64H40N2. The molecule has 0 fully saturated rings. The Hall–Kier alpha value is -8.72. The molecule has 0 radical (unpaired) electrons. The molecule has 2 aromatic heterocycles. The summed E-state index contributed by atoms with van der Waals surface area (Å²) in [4.78, 5) is 10.3. The van der Waals surface area contributed by atoms with Gasteiger partial charge in [0.25, 0.3) is 0 Å². The van der Waals surface area contributed by atoms with Crippen LogP contribution in [0.3, 0.4) is 0 Å². The van der Waals surface area contributed by atoms with Gasteiger partial charge in [-0.25, -0.2) is 9.97 Å². The summed E-state index contributed by atoms with van der Waals surface area (Å²) in [6.07, 6.45) is 0. The lowest BCUT2D eigenvalue weighted by Crippen LogP contribution is -1.92. The average Bonchev–Trinajstić information content (AvgIpc) is 3.39. The third-order valence-corrected chi connectivity index (χ3v) is 13.4. The van der Waals surface area contributed by atoms with Gasteiger partial charge in [-0.05, 0) is 118 Å². The molecule has 0 saturated heterocycles. The summed E-state index contributed by atoms with van der Waals surface area (Å²) in [5.74, 6) is 0. The van der Waals surface area contributed by atoms with Crippen LogP contribution in [0.25, 0.3) is 132 Å². The van der Waals surface area contributed by atoms with E-state index in [1.54, 1.807) is 0 Å². The molecule has 0 atom stereocenters. The molecule has 306 valence electrons. The van der Waals surface area contributed by atoms with Crippen LogP contribution in [0, 0.1) is 0 Å². The van der Waals surface area contributed by atoms with E-state index in [1.807, 2.05) is 6.07 Å². The molecule has 66 heavy (non-hydrogen) atoms. The van der Waals surface area contributed by atoms with Crippen molar-refractivity contribution in [3.63, 3.8) is 0 Å². The van der Waals surface area contributed by atoms with Gasteiger partial charge in [-0.3, -0.25) is 0 Å². The summed E-state index contributed by atoms with van der Waals surface area (Å²) in [5, 5.41) is 12.1. The van der Waals surface area contributed by atoms with Crippen molar-refractivity contribution in [3.8, 4) is 67.0 Å². The van der Waals surface area contributed by atoms with E-state index in [0.29, 0.717) is 0 Å². The number of benzene rings is 11. The number of aromatic nitrogens is 2.